The molecule has 0 atom stereocenters. The van der Waals surface area contributed by atoms with E-state index in [2.05, 4.69) is 11.9 Å². The van der Waals surface area contributed by atoms with Crippen LogP contribution in [0.4, 0.5) is 17.1 Å². The van der Waals surface area contributed by atoms with Crippen LogP contribution in [0, 0.1) is 0 Å². The predicted molar refractivity (Wildman–Crippen MR) is 73.7 cm³/mol. The van der Waals surface area contributed by atoms with E-state index in [9.17, 15) is 0 Å². The van der Waals surface area contributed by atoms with Crippen molar-refractivity contribution in [2.45, 2.75) is 0 Å². The summed E-state index contributed by atoms with van der Waals surface area (Å²) in [6, 6.07) is 11.6. The fourth-order valence-corrected chi connectivity index (χ4v) is 2.42. The topological polar surface area (TPSA) is 38.0 Å². The fourth-order valence-electron chi connectivity index (χ4n) is 2.15. The Kier molecular flexibility index (Phi) is 2.13. The standard InChI is InChI=1S/C14H11ClN2/c1-8-9-4-2-3-5-12(9)17-14-11(16)7-6-10(15)13(8)14/h2-7,17H,1,16H2. The van der Waals surface area contributed by atoms with Crippen molar-refractivity contribution < 1.29 is 0 Å². The quantitative estimate of drug-likeness (QED) is 0.584. The molecule has 1 aliphatic rings. The van der Waals surface area contributed by atoms with Gasteiger partial charge in [0.25, 0.3) is 0 Å². The van der Waals surface area contributed by atoms with Gasteiger partial charge in [-0.05, 0) is 23.8 Å². The lowest BCUT2D eigenvalue weighted by molar-refractivity contribution is 1.44. The van der Waals surface area contributed by atoms with Crippen LogP contribution >= 0.6 is 11.6 Å². The summed E-state index contributed by atoms with van der Waals surface area (Å²) in [5.74, 6) is 0. The Balaban J connectivity index is 2.30. The molecule has 0 fully saturated rings. The number of nitrogens with one attached hydrogen (secondary N) is 1. The van der Waals surface area contributed by atoms with E-state index in [1.807, 2.05) is 24.3 Å². The molecular formula is C14H11ClN2. The largest absolute Gasteiger partial charge is 0.397 e. The van der Waals surface area contributed by atoms with Crippen molar-refractivity contribution in [3.63, 3.8) is 0 Å². The Labute approximate surface area is 105 Å². The molecule has 0 unspecified atom stereocenters. The zero-order valence-corrected chi connectivity index (χ0v) is 9.88. The lowest BCUT2D eigenvalue weighted by atomic mass is 9.92. The van der Waals surface area contributed by atoms with Gasteiger partial charge in [0, 0.05) is 16.8 Å². The van der Waals surface area contributed by atoms with E-state index in [1.165, 1.54) is 0 Å². The van der Waals surface area contributed by atoms with Crippen molar-refractivity contribution in [3.05, 3.63) is 59.1 Å². The number of rotatable bonds is 0. The highest BCUT2D eigenvalue weighted by atomic mass is 35.5. The van der Waals surface area contributed by atoms with E-state index < -0.39 is 0 Å². The van der Waals surface area contributed by atoms with Gasteiger partial charge in [0.2, 0.25) is 0 Å². The second-order valence-corrected chi connectivity index (χ2v) is 4.44. The van der Waals surface area contributed by atoms with E-state index in [-0.39, 0.29) is 0 Å². The number of anilines is 3. The molecule has 0 saturated carbocycles. The molecule has 2 nitrogen and oxygen atoms in total. The smallest absolute Gasteiger partial charge is 0.0712 e. The molecule has 0 amide bonds. The Morgan fingerprint density at radius 3 is 2.71 bits per heavy atom. The minimum Gasteiger partial charge on any atom is -0.397 e. The van der Waals surface area contributed by atoms with E-state index in [0.717, 1.165) is 28.1 Å². The van der Waals surface area contributed by atoms with E-state index in [1.54, 1.807) is 12.1 Å². The Bertz CT molecular complexity index is 632. The Morgan fingerprint density at radius 1 is 1.12 bits per heavy atom. The molecule has 1 heterocycles. The van der Waals surface area contributed by atoms with Crippen LogP contribution in [0.5, 0.6) is 0 Å². The first-order valence-corrected chi connectivity index (χ1v) is 5.70. The van der Waals surface area contributed by atoms with Crippen molar-refractivity contribution >= 4 is 34.2 Å². The lowest BCUT2D eigenvalue weighted by Crippen LogP contribution is -2.08. The maximum atomic E-state index is 6.22. The molecule has 0 bridgehead atoms. The molecule has 3 rings (SSSR count). The van der Waals surface area contributed by atoms with Gasteiger partial charge in [-0.15, -0.1) is 0 Å². The number of nitrogens with two attached hydrogens (primary N) is 1. The highest BCUT2D eigenvalue weighted by Gasteiger charge is 2.22. The van der Waals surface area contributed by atoms with Crippen LogP contribution < -0.4 is 11.1 Å². The molecule has 0 saturated heterocycles. The zero-order chi connectivity index (χ0) is 12.0. The molecule has 1 aliphatic heterocycles. The second-order valence-electron chi connectivity index (χ2n) is 4.04. The summed E-state index contributed by atoms with van der Waals surface area (Å²) in [5, 5.41) is 3.98. The molecule has 0 aliphatic carbocycles. The van der Waals surface area contributed by atoms with Crippen LogP contribution in [0.15, 0.2) is 43.0 Å². The number of benzene rings is 2. The van der Waals surface area contributed by atoms with Gasteiger partial charge in [0.1, 0.15) is 0 Å². The Morgan fingerprint density at radius 2 is 1.88 bits per heavy atom. The molecule has 0 aromatic heterocycles. The summed E-state index contributed by atoms with van der Waals surface area (Å²) < 4.78 is 0. The summed E-state index contributed by atoms with van der Waals surface area (Å²) in [7, 11) is 0. The first-order chi connectivity index (χ1) is 8.18. The first kappa shape index (κ1) is 10.2. The number of halogens is 1. The lowest BCUT2D eigenvalue weighted by Gasteiger charge is -2.25. The van der Waals surface area contributed by atoms with E-state index in [0.29, 0.717) is 10.7 Å². The van der Waals surface area contributed by atoms with Gasteiger partial charge in [-0.2, -0.15) is 0 Å². The summed E-state index contributed by atoms with van der Waals surface area (Å²) in [6.45, 7) is 4.12. The molecule has 17 heavy (non-hydrogen) atoms. The van der Waals surface area contributed by atoms with Gasteiger partial charge in [-0.3, -0.25) is 0 Å². The second kappa shape index (κ2) is 3.54. The number of fused-ring (bicyclic) bond motifs is 2. The van der Waals surface area contributed by atoms with Gasteiger partial charge in [-0.25, -0.2) is 0 Å². The maximum absolute atomic E-state index is 6.22. The Hall–Kier alpha value is -1.93. The summed E-state index contributed by atoms with van der Waals surface area (Å²) in [4.78, 5) is 0. The third-order valence-corrected chi connectivity index (χ3v) is 3.32. The molecule has 84 valence electrons. The van der Waals surface area contributed by atoms with Crippen LogP contribution in [0.3, 0.4) is 0 Å². The number of para-hydroxylation sites is 1. The van der Waals surface area contributed by atoms with Crippen molar-refractivity contribution in [2.75, 3.05) is 11.1 Å². The van der Waals surface area contributed by atoms with Gasteiger partial charge in [0.15, 0.2) is 0 Å². The first-order valence-electron chi connectivity index (χ1n) is 5.32. The van der Waals surface area contributed by atoms with Crippen LogP contribution in [-0.4, -0.2) is 0 Å². The van der Waals surface area contributed by atoms with Crippen molar-refractivity contribution in [2.24, 2.45) is 0 Å². The molecular weight excluding hydrogens is 232 g/mol. The predicted octanol–water partition coefficient (Wildman–Crippen LogP) is 4.04. The third-order valence-electron chi connectivity index (χ3n) is 3.00. The van der Waals surface area contributed by atoms with Gasteiger partial charge in [-0.1, -0.05) is 36.4 Å². The molecule has 2 aromatic rings. The summed E-state index contributed by atoms with van der Waals surface area (Å²) in [5.41, 5.74) is 11.4. The van der Waals surface area contributed by atoms with Gasteiger partial charge in [0.05, 0.1) is 16.4 Å². The van der Waals surface area contributed by atoms with Crippen LogP contribution in [0.1, 0.15) is 11.1 Å². The van der Waals surface area contributed by atoms with Crippen molar-refractivity contribution in [1.29, 1.82) is 0 Å². The SMILES string of the molecule is C=C1c2ccccc2Nc2c(N)ccc(Cl)c21. The minimum atomic E-state index is 0.668. The van der Waals surface area contributed by atoms with Crippen LogP contribution in [0.2, 0.25) is 5.02 Å². The fraction of sp³-hybridized carbons (Fsp3) is 0. The van der Waals surface area contributed by atoms with Crippen LogP contribution in [-0.2, 0) is 0 Å². The molecule has 3 N–H and O–H groups in total. The number of hydrogen-bond donors (Lipinski definition) is 2. The number of hydrogen-bond acceptors (Lipinski definition) is 2. The number of nitrogen functional groups attached to an aromatic ring is 1. The normalized spacial score (nSPS) is 12.6. The molecule has 0 radical (unpaired) electrons. The minimum absolute atomic E-state index is 0.668. The average molecular weight is 243 g/mol. The van der Waals surface area contributed by atoms with E-state index in [4.69, 9.17) is 17.3 Å². The van der Waals surface area contributed by atoms with E-state index >= 15 is 0 Å². The monoisotopic (exact) mass is 242 g/mol. The zero-order valence-electron chi connectivity index (χ0n) is 9.13. The molecule has 0 spiro atoms. The highest BCUT2D eigenvalue weighted by Crippen LogP contribution is 2.45. The van der Waals surface area contributed by atoms with Gasteiger partial charge < -0.3 is 11.1 Å². The molecule has 3 heteroatoms. The van der Waals surface area contributed by atoms with Crippen LogP contribution in [0.25, 0.3) is 5.57 Å². The average Bonchev–Trinajstić information content (AvgIpc) is 2.34. The molecule has 2 aromatic carbocycles. The summed E-state index contributed by atoms with van der Waals surface area (Å²) in [6.07, 6.45) is 0. The summed E-state index contributed by atoms with van der Waals surface area (Å²) >= 11 is 6.22. The van der Waals surface area contributed by atoms with Gasteiger partial charge >= 0.3 is 0 Å². The van der Waals surface area contributed by atoms with Crippen molar-refractivity contribution in [1.82, 2.24) is 0 Å². The third kappa shape index (κ3) is 1.41. The van der Waals surface area contributed by atoms with Crippen molar-refractivity contribution in [3.8, 4) is 0 Å². The maximum Gasteiger partial charge on any atom is 0.0712 e. The highest BCUT2D eigenvalue weighted by molar-refractivity contribution is 6.33.